The first-order valence-electron chi connectivity index (χ1n) is 7.60. The van der Waals surface area contributed by atoms with Crippen LogP contribution in [0.3, 0.4) is 0 Å². The number of carbonyl (C=O) groups excluding carboxylic acids is 1. The highest BCUT2D eigenvalue weighted by molar-refractivity contribution is 7.68. The highest BCUT2D eigenvalue weighted by Crippen LogP contribution is 2.46. The zero-order chi connectivity index (χ0) is 16.3. The van der Waals surface area contributed by atoms with E-state index >= 15 is 0 Å². The summed E-state index contributed by atoms with van der Waals surface area (Å²) in [4.78, 5) is 14.9. The maximum atomic E-state index is 12.8. The van der Waals surface area contributed by atoms with Gasteiger partial charge in [0.2, 0.25) is 0 Å². The molecule has 0 aromatic heterocycles. The summed E-state index contributed by atoms with van der Waals surface area (Å²) in [5, 5.41) is 0. The Hall–Kier alpha value is -0.0794. The fraction of sp³-hybridized carbons (Fsp3) is 0.929. The topological polar surface area (TPSA) is 23.6 Å². The Morgan fingerprint density at radius 2 is 1.30 bits per heavy atom. The van der Waals surface area contributed by atoms with Crippen LogP contribution < -0.4 is 0 Å². The lowest BCUT2D eigenvalue weighted by molar-refractivity contribution is 0.179. The second-order valence-corrected chi connectivity index (χ2v) is 36.3. The van der Waals surface area contributed by atoms with Crippen LogP contribution in [0.15, 0.2) is 0 Å². The average molecular weight is 331 g/mol. The average Bonchev–Trinajstić information content (AvgIpc) is 2.36. The Kier molecular flexibility index (Phi) is 4.23. The monoisotopic (exact) mass is 330 g/mol. The third-order valence-corrected chi connectivity index (χ3v) is 43.7. The first-order chi connectivity index (χ1) is 8.60. The molecule has 0 saturated carbocycles. The van der Waals surface area contributed by atoms with Gasteiger partial charge >= 0.3 is 6.03 Å². The van der Waals surface area contributed by atoms with Crippen molar-refractivity contribution in [3.8, 4) is 0 Å². The van der Waals surface area contributed by atoms with Crippen LogP contribution in [-0.4, -0.2) is 57.7 Å². The Morgan fingerprint density at radius 1 is 0.950 bits per heavy atom. The third-order valence-electron chi connectivity index (χ3n) is 5.01. The summed E-state index contributed by atoms with van der Waals surface area (Å²) in [6.07, 6.45) is 0. The summed E-state index contributed by atoms with van der Waals surface area (Å²) in [7, 11) is -0.637. The van der Waals surface area contributed by atoms with E-state index in [1.54, 1.807) is 0 Å². The van der Waals surface area contributed by atoms with Gasteiger partial charge in [0.05, 0.1) is 15.2 Å². The highest BCUT2D eigenvalue weighted by Gasteiger charge is 2.70. The minimum Gasteiger partial charge on any atom is -0.357 e. The first-order valence-corrected chi connectivity index (χ1v) is 18.6. The van der Waals surface area contributed by atoms with E-state index in [0.29, 0.717) is 5.67 Å². The summed E-state index contributed by atoms with van der Waals surface area (Å²) in [5.41, 5.74) is 0.591. The number of urea groups is 1. The molecule has 0 bridgehead atoms. The molecule has 3 nitrogen and oxygen atoms in total. The lowest BCUT2D eigenvalue weighted by Gasteiger charge is -2.56. The number of carbonyl (C=O) groups is 1. The lowest BCUT2D eigenvalue weighted by Crippen LogP contribution is -2.84. The highest BCUT2D eigenvalue weighted by atomic mass is 29.6. The maximum absolute atomic E-state index is 12.8. The summed E-state index contributed by atoms with van der Waals surface area (Å²) in [6.45, 7) is 22.0. The van der Waals surface area contributed by atoms with Crippen molar-refractivity contribution in [2.24, 2.45) is 5.41 Å². The number of hydrogen-bond acceptors (Lipinski definition) is 1. The van der Waals surface area contributed by atoms with Crippen molar-refractivity contribution in [3.63, 3.8) is 0 Å². The Labute approximate surface area is 128 Å². The maximum Gasteiger partial charge on any atom is 0.311 e. The molecule has 0 spiro atoms. The number of rotatable bonds is 2. The standard InChI is InChI=1S/C14H34N2OSi3/c1-14(2,3)12-15(4)13(17)16(5)20(12,18(6,7)8)19(9,10)11/h12H,1-11H3. The van der Waals surface area contributed by atoms with Crippen molar-refractivity contribution in [3.05, 3.63) is 0 Å². The van der Waals surface area contributed by atoms with Crippen LogP contribution in [-0.2, 0) is 0 Å². The Morgan fingerprint density at radius 3 is 1.50 bits per heavy atom. The third kappa shape index (κ3) is 2.23. The van der Waals surface area contributed by atoms with Gasteiger partial charge in [-0.1, -0.05) is 60.1 Å². The summed E-state index contributed by atoms with van der Waals surface area (Å²) in [6, 6.07) is 0.265. The van der Waals surface area contributed by atoms with Gasteiger partial charge in [0.15, 0.2) is 7.27 Å². The van der Waals surface area contributed by atoms with E-state index in [2.05, 4.69) is 76.6 Å². The Bertz CT molecular complexity index is 390. The Balaban J connectivity index is 3.73. The molecule has 2 amide bonds. The SMILES string of the molecule is CN1C(=O)N(C)[Si]([Si](C)(C)C)([Si](C)(C)C)C1C(C)(C)C. The van der Waals surface area contributed by atoms with E-state index in [1.807, 2.05) is 7.05 Å². The molecular formula is C14H34N2OSi3. The molecule has 118 valence electrons. The molecular weight excluding hydrogens is 296 g/mol. The number of hydrogen-bond donors (Lipinski definition) is 0. The summed E-state index contributed by atoms with van der Waals surface area (Å²) < 4.78 is 2.27. The van der Waals surface area contributed by atoms with Gasteiger partial charge < -0.3 is 9.47 Å². The lowest BCUT2D eigenvalue weighted by atomic mass is 9.96. The van der Waals surface area contributed by atoms with E-state index in [4.69, 9.17) is 0 Å². The predicted octanol–water partition coefficient (Wildman–Crippen LogP) is 3.72. The van der Waals surface area contributed by atoms with Gasteiger partial charge in [-0.25, -0.2) is 4.79 Å². The van der Waals surface area contributed by atoms with Crippen LogP contribution in [0.4, 0.5) is 4.79 Å². The normalized spacial score (nSPS) is 24.6. The van der Waals surface area contributed by atoms with E-state index in [9.17, 15) is 4.79 Å². The molecule has 20 heavy (non-hydrogen) atoms. The predicted molar refractivity (Wildman–Crippen MR) is 96.6 cm³/mol. The summed E-state index contributed by atoms with van der Waals surface area (Å²) in [5.74, 6) is 0. The van der Waals surface area contributed by atoms with Crippen molar-refractivity contribution in [1.82, 2.24) is 9.47 Å². The fourth-order valence-electron chi connectivity index (χ4n) is 5.12. The van der Waals surface area contributed by atoms with Crippen molar-refractivity contribution in [2.45, 2.75) is 65.7 Å². The van der Waals surface area contributed by atoms with Crippen molar-refractivity contribution in [2.75, 3.05) is 14.1 Å². The van der Waals surface area contributed by atoms with Crippen molar-refractivity contribution in [1.29, 1.82) is 0 Å². The molecule has 1 aliphatic heterocycles. The molecule has 1 rings (SSSR count). The molecule has 0 aromatic carbocycles. The van der Waals surface area contributed by atoms with Crippen LogP contribution in [0.25, 0.3) is 0 Å². The van der Waals surface area contributed by atoms with Gasteiger partial charge in [0, 0.05) is 19.8 Å². The molecule has 0 aromatic rings. The van der Waals surface area contributed by atoms with Crippen molar-refractivity contribution >= 4 is 28.5 Å². The minimum absolute atomic E-state index is 0.155. The molecule has 0 aliphatic carbocycles. The second-order valence-electron chi connectivity index (χ2n) is 9.49. The molecule has 1 fully saturated rings. The molecule has 1 saturated heterocycles. The van der Waals surface area contributed by atoms with Crippen LogP contribution in [0.5, 0.6) is 0 Å². The largest absolute Gasteiger partial charge is 0.357 e. The number of nitrogens with zero attached hydrogens (tertiary/aromatic N) is 2. The van der Waals surface area contributed by atoms with Crippen LogP contribution in [0.1, 0.15) is 20.8 Å². The molecule has 1 heterocycles. The van der Waals surface area contributed by atoms with Gasteiger partial charge in [-0.15, -0.1) is 0 Å². The summed E-state index contributed by atoms with van der Waals surface area (Å²) >= 11 is 0. The number of amides is 2. The molecule has 6 heteroatoms. The van der Waals surface area contributed by atoms with E-state index in [1.165, 1.54) is 0 Å². The molecule has 1 aliphatic rings. The first kappa shape index (κ1) is 18.0. The van der Waals surface area contributed by atoms with Gasteiger partial charge in [-0.05, 0) is 5.41 Å². The second kappa shape index (κ2) is 4.71. The molecule has 0 N–H and O–H groups in total. The minimum atomic E-state index is -1.84. The quantitative estimate of drug-likeness (QED) is 0.708. The molecule has 1 atom stereocenters. The fourth-order valence-corrected chi connectivity index (χ4v) is 56.1. The van der Waals surface area contributed by atoms with Gasteiger partial charge in [0.1, 0.15) is 0 Å². The van der Waals surface area contributed by atoms with Crippen molar-refractivity contribution < 1.29 is 4.79 Å². The molecule has 0 radical (unpaired) electrons. The van der Waals surface area contributed by atoms with Gasteiger partial charge in [0.25, 0.3) is 0 Å². The zero-order valence-corrected chi connectivity index (χ0v) is 18.4. The van der Waals surface area contributed by atoms with Gasteiger partial charge in [-0.3, -0.25) is 0 Å². The zero-order valence-electron chi connectivity index (χ0n) is 15.4. The van der Waals surface area contributed by atoms with Crippen LogP contribution in [0, 0.1) is 5.41 Å². The van der Waals surface area contributed by atoms with Crippen LogP contribution in [0.2, 0.25) is 39.3 Å². The van der Waals surface area contributed by atoms with Gasteiger partial charge in [-0.2, -0.15) is 0 Å². The van der Waals surface area contributed by atoms with Crippen LogP contribution >= 0.6 is 0 Å². The van der Waals surface area contributed by atoms with E-state index in [-0.39, 0.29) is 11.4 Å². The smallest absolute Gasteiger partial charge is 0.311 e. The molecule has 1 unspecified atom stereocenters. The van der Waals surface area contributed by atoms with E-state index < -0.39 is 22.5 Å². The van der Waals surface area contributed by atoms with E-state index in [0.717, 1.165) is 0 Å².